The Balaban J connectivity index is 2.35. The molecule has 110 valence electrons. The van der Waals surface area contributed by atoms with E-state index in [0.717, 1.165) is 11.4 Å². The second kappa shape index (κ2) is 4.96. The summed E-state index contributed by atoms with van der Waals surface area (Å²) in [7, 11) is 0. The smallest absolute Gasteiger partial charge is 0.418 e. The molecule has 1 aliphatic heterocycles. The third-order valence-corrected chi connectivity index (χ3v) is 3.18. The summed E-state index contributed by atoms with van der Waals surface area (Å²) in [5.41, 5.74) is 1.14. The van der Waals surface area contributed by atoms with Gasteiger partial charge in [0.05, 0.1) is 11.4 Å². The molecule has 0 fully saturated rings. The van der Waals surface area contributed by atoms with E-state index in [1.165, 1.54) is 4.57 Å². The molecule has 0 aliphatic carbocycles. The maximum atomic E-state index is 12.2. The largest absolute Gasteiger partial charge is 0.443 e. The van der Waals surface area contributed by atoms with Gasteiger partial charge in [-0.1, -0.05) is 0 Å². The molecule has 1 aliphatic rings. The van der Waals surface area contributed by atoms with Crippen LogP contribution < -0.4 is 4.90 Å². The second-order valence-electron chi connectivity index (χ2n) is 6.36. The normalized spacial score (nSPS) is 15.5. The van der Waals surface area contributed by atoms with Crippen LogP contribution in [0.2, 0.25) is 0 Å². The zero-order chi connectivity index (χ0) is 15.1. The van der Waals surface area contributed by atoms with Gasteiger partial charge in [0.25, 0.3) is 0 Å². The van der Waals surface area contributed by atoms with Gasteiger partial charge in [-0.05, 0) is 47.1 Å². The van der Waals surface area contributed by atoms with E-state index in [4.69, 9.17) is 4.74 Å². The van der Waals surface area contributed by atoms with E-state index in [1.807, 2.05) is 40.7 Å². The van der Waals surface area contributed by atoms with Crippen molar-refractivity contribution in [3.8, 4) is 0 Å². The van der Waals surface area contributed by atoms with Crippen LogP contribution in [-0.2, 0) is 16.0 Å². The lowest BCUT2D eigenvalue weighted by Crippen LogP contribution is -2.40. The molecule has 20 heavy (non-hydrogen) atoms. The standard InChI is InChI=1S/C15H22N2O3/c1-10(2)17-12-8-9-16(11(12)6-7-13(17)18)14(19)20-15(3,4)5/h8-10H,6-7H2,1-5H3. The van der Waals surface area contributed by atoms with Gasteiger partial charge in [0, 0.05) is 18.7 Å². The number of ether oxygens (including phenoxy) is 1. The van der Waals surface area contributed by atoms with E-state index in [2.05, 4.69) is 0 Å². The molecule has 0 aromatic carbocycles. The van der Waals surface area contributed by atoms with Crippen LogP contribution in [0.5, 0.6) is 0 Å². The molecule has 0 bridgehead atoms. The number of hydrogen-bond acceptors (Lipinski definition) is 3. The highest BCUT2D eigenvalue weighted by Gasteiger charge is 2.31. The molecule has 0 saturated heterocycles. The minimum Gasteiger partial charge on any atom is -0.443 e. The van der Waals surface area contributed by atoms with Gasteiger partial charge >= 0.3 is 6.09 Å². The van der Waals surface area contributed by atoms with Crippen LogP contribution in [0, 0.1) is 0 Å². The van der Waals surface area contributed by atoms with Crippen molar-refractivity contribution in [1.29, 1.82) is 0 Å². The van der Waals surface area contributed by atoms with Crippen LogP contribution >= 0.6 is 0 Å². The Bertz CT molecular complexity index is 538. The lowest BCUT2D eigenvalue weighted by molar-refractivity contribution is -0.119. The first kappa shape index (κ1) is 14.6. The Kier molecular flexibility index (Phi) is 3.63. The van der Waals surface area contributed by atoms with Crippen LogP contribution in [-0.4, -0.2) is 28.2 Å². The van der Waals surface area contributed by atoms with Gasteiger partial charge in [-0.15, -0.1) is 0 Å². The molecule has 0 unspecified atom stereocenters. The van der Waals surface area contributed by atoms with Crippen molar-refractivity contribution in [2.75, 3.05) is 4.90 Å². The van der Waals surface area contributed by atoms with Crippen LogP contribution in [0.1, 0.15) is 46.7 Å². The summed E-state index contributed by atoms with van der Waals surface area (Å²) in [5.74, 6) is 0.106. The Morgan fingerprint density at radius 2 is 1.95 bits per heavy atom. The molecule has 2 rings (SSSR count). The quantitative estimate of drug-likeness (QED) is 0.793. The van der Waals surface area contributed by atoms with Gasteiger partial charge in [-0.3, -0.25) is 9.36 Å². The summed E-state index contributed by atoms with van der Waals surface area (Å²) in [5, 5.41) is 0. The Hall–Kier alpha value is -1.78. The fourth-order valence-electron chi connectivity index (χ4n) is 2.45. The van der Waals surface area contributed by atoms with Gasteiger partial charge in [0.1, 0.15) is 5.60 Å². The lowest BCUT2D eigenvalue weighted by atomic mass is 10.1. The molecule has 0 N–H and O–H groups in total. The predicted molar refractivity (Wildman–Crippen MR) is 77.0 cm³/mol. The van der Waals surface area contributed by atoms with Crippen molar-refractivity contribution in [2.45, 2.75) is 59.1 Å². The first-order chi connectivity index (χ1) is 9.20. The summed E-state index contributed by atoms with van der Waals surface area (Å²) in [4.78, 5) is 25.9. The van der Waals surface area contributed by atoms with Gasteiger partial charge in [-0.2, -0.15) is 0 Å². The molecule has 1 aromatic heterocycles. The third kappa shape index (κ3) is 2.71. The average molecular weight is 278 g/mol. The molecule has 0 radical (unpaired) electrons. The van der Waals surface area contributed by atoms with E-state index in [-0.39, 0.29) is 11.9 Å². The van der Waals surface area contributed by atoms with Crippen molar-refractivity contribution in [2.24, 2.45) is 0 Å². The number of carbonyl (C=O) groups is 2. The van der Waals surface area contributed by atoms with E-state index in [9.17, 15) is 9.59 Å². The molecule has 5 nitrogen and oxygen atoms in total. The average Bonchev–Trinajstić information content (AvgIpc) is 2.69. The minimum atomic E-state index is -0.531. The van der Waals surface area contributed by atoms with Gasteiger partial charge in [-0.25, -0.2) is 4.79 Å². The summed E-state index contributed by atoms with van der Waals surface area (Å²) in [6.45, 7) is 9.45. The van der Waals surface area contributed by atoms with Crippen molar-refractivity contribution in [3.63, 3.8) is 0 Å². The highest BCUT2D eigenvalue weighted by molar-refractivity contribution is 5.97. The highest BCUT2D eigenvalue weighted by atomic mass is 16.6. The number of nitrogens with zero attached hydrogens (tertiary/aromatic N) is 2. The predicted octanol–water partition coefficient (Wildman–Crippen LogP) is 2.96. The van der Waals surface area contributed by atoms with Crippen molar-refractivity contribution < 1.29 is 14.3 Å². The Morgan fingerprint density at radius 1 is 1.30 bits per heavy atom. The van der Waals surface area contributed by atoms with Crippen molar-refractivity contribution >= 4 is 17.7 Å². The zero-order valence-corrected chi connectivity index (χ0v) is 12.8. The first-order valence-corrected chi connectivity index (χ1v) is 6.96. The van der Waals surface area contributed by atoms with E-state index in [0.29, 0.717) is 12.8 Å². The molecular weight excluding hydrogens is 256 g/mol. The maximum absolute atomic E-state index is 12.2. The fraction of sp³-hybridized carbons (Fsp3) is 0.600. The number of amides is 1. The van der Waals surface area contributed by atoms with Crippen LogP contribution in [0.3, 0.4) is 0 Å². The monoisotopic (exact) mass is 278 g/mol. The third-order valence-electron chi connectivity index (χ3n) is 3.18. The lowest BCUT2D eigenvalue weighted by Gasteiger charge is -2.31. The summed E-state index contributed by atoms with van der Waals surface area (Å²) in [6, 6.07) is 1.90. The Labute approximate surface area is 119 Å². The first-order valence-electron chi connectivity index (χ1n) is 6.96. The number of aromatic nitrogens is 1. The summed E-state index contributed by atoms with van der Waals surface area (Å²) >= 11 is 0. The van der Waals surface area contributed by atoms with E-state index < -0.39 is 11.7 Å². The SMILES string of the molecule is CC(C)N1C(=O)CCc2c1ccn2C(=O)OC(C)(C)C. The molecule has 0 saturated carbocycles. The van der Waals surface area contributed by atoms with Gasteiger partial charge in [0.15, 0.2) is 0 Å². The molecule has 5 heteroatoms. The molecule has 0 spiro atoms. The number of anilines is 1. The summed E-state index contributed by atoms with van der Waals surface area (Å²) in [6.07, 6.45) is 2.30. The van der Waals surface area contributed by atoms with Crippen LogP contribution in [0.25, 0.3) is 0 Å². The number of carbonyl (C=O) groups excluding carboxylic acids is 2. The van der Waals surface area contributed by atoms with Crippen LogP contribution in [0.4, 0.5) is 10.5 Å². The van der Waals surface area contributed by atoms with Crippen molar-refractivity contribution in [3.05, 3.63) is 18.0 Å². The minimum absolute atomic E-state index is 0.0797. The molecular formula is C15H22N2O3. The van der Waals surface area contributed by atoms with Crippen LogP contribution in [0.15, 0.2) is 12.3 Å². The fourth-order valence-corrected chi connectivity index (χ4v) is 2.45. The Morgan fingerprint density at radius 3 is 2.50 bits per heavy atom. The maximum Gasteiger partial charge on any atom is 0.418 e. The zero-order valence-electron chi connectivity index (χ0n) is 12.8. The molecule has 2 heterocycles. The van der Waals surface area contributed by atoms with E-state index >= 15 is 0 Å². The van der Waals surface area contributed by atoms with Crippen molar-refractivity contribution in [1.82, 2.24) is 4.57 Å². The number of hydrogen-bond donors (Lipinski definition) is 0. The molecule has 0 atom stereocenters. The van der Waals surface area contributed by atoms with Gasteiger partial charge < -0.3 is 9.64 Å². The molecule has 1 amide bonds. The molecule has 1 aromatic rings. The topological polar surface area (TPSA) is 51.5 Å². The summed E-state index contributed by atoms with van der Waals surface area (Å²) < 4.78 is 6.91. The number of fused-ring (bicyclic) bond motifs is 1. The highest BCUT2D eigenvalue weighted by Crippen LogP contribution is 2.31. The number of rotatable bonds is 1. The van der Waals surface area contributed by atoms with E-state index in [1.54, 1.807) is 11.1 Å². The second-order valence-corrected chi connectivity index (χ2v) is 6.36. The van der Waals surface area contributed by atoms with Gasteiger partial charge in [0.2, 0.25) is 5.91 Å².